The Morgan fingerprint density at radius 1 is 1.24 bits per heavy atom. The smallest absolute Gasteiger partial charge is 0.0961 e. The molecule has 2 rings (SSSR count). The van der Waals surface area contributed by atoms with Crippen LogP contribution in [0.3, 0.4) is 0 Å². The van der Waals surface area contributed by atoms with E-state index in [2.05, 4.69) is 35.0 Å². The van der Waals surface area contributed by atoms with E-state index in [9.17, 15) is 0 Å². The van der Waals surface area contributed by atoms with E-state index in [1.807, 2.05) is 19.1 Å². The molecule has 0 radical (unpaired) electrons. The molecule has 17 heavy (non-hydrogen) atoms. The summed E-state index contributed by atoms with van der Waals surface area (Å²) in [5, 5.41) is 0. The Hall–Kier alpha value is -0.350. The largest absolute Gasteiger partial charge is 0.320 e. The van der Waals surface area contributed by atoms with Crippen LogP contribution in [-0.4, -0.2) is 0 Å². The first-order valence-corrected chi connectivity index (χ1v) is 7.25. The fourth-order valence-corrected chi connectivity index (χ4v) is 3.16. The summed E-state index contributed by atoms with van der Waals surface area (Å²) in [4.78, 5) is 1.11. The SMILES string of the molecule is Cc1cc(C(N)c2cc(C)c(Cl)s2)ccc1Br. The first-order chi connectivity index (χ1) is 7.99. The predicted octanol–water partition coefficient (Wildman–Crippen LogP) is 4.83. The van der Waals surface area contributed by atoms with Gasteiger partial charge in [0.05, 0.1) is 10.4 Å². The molecule has 0 fully saturated rings. The summed E-state index contributed by atoms with van der Waals surface area (Å²) < 4.78 is 1.93. The Labute approximate surface area is 119 Å². The van der Waals surface area contributed by atoms with E-state index < -0.39 is 0 Å². The second kappa shape index (κ2) is 5.11. The Kier molecular flexibility index (Phi) is 3.93. The van der Waals surface area contributed by atoms with Gasteiger partial charge in [-0.05, 0) is 42.7 Å². The van der Waals surface area contributed by atoms with Crippen molar-refractivity contribution in [2.24, 2.45) is 5.73 Å². The molecular weight excluding hydrogens is 318 g/mol. The molecule has 2 aromatic rings. The van der Waals surface area contributed by atoms with Crippen molar-refractivity contribution in [3.8, 4) is 0 Å². The highest BCUT2D eigenvalue weighted by Crippen LogP contribution is 2.33. The molecule has 0 aliphatic heterocycles. The maximum atomic E-state index is 6.25. The third kappa shape index (κ3) is 2.74. The minimum Gasteiger partial charge on any atom is -0.320 e. The molecular formula is C13H13BrClNS. The second-order valence-corrected chi connectivity index (χ2v) is 6.63. The molecule has 4 heteroatoms. The molecule has 1 aromatic carbocycles. The van der Waals surface area contributed by atoms with Crippen LogP contribution in [0.15, 0.2) is 28.7 Å². The quantitative estimate of drug-likeness (QED) is 0.838. The Balaban J connectivity index is 2.36. The molecule has 0 aliphatic rings. The third-order valence-corrected chi connectivity index (χ3v) is 5.25. The molecule has 0 aliphatic carbocycles. The summed E-state index contributed by atoms with van der Waals surface area (Å²) in [6.45, 7) is 4.06. The van der Waals surface area contributed by atoms with Gasteiger partial charge in [0.25, 0.3) is 0 Å². The van der Waals surface area contributed by atoms with E-state index in [1.54, 1.807) is 11.3 Å². The average molecular weight is 331 g/mol. The molecule has 2 N–H and O–H groups in total. The van der Waals surface area contributed by atoms with Crippen molar-refractivity contribution in [3.05, 3.63) is 54.6 Å². The highest BCUT2D eigenvalue weighted by molar-refractivity contribution is 9.10. The van der Waals surface area contributed by atoms with Crippen molar-refractivity contribution in [1.82, 2.24) is 0 Å². The number of nitrogens with two attached hydrogens (primary N) is 1. The maximum Gasteiger partial charge on any atom is 0.0961 e. The van der Waals surface area contributed by atoms with Crippen LogP contribution in [0.25, 0.3) is 0 Å². The van der Waals surface area contributed by atoms with Crippen LogP contribution in [0.2, 0.25) is 4.34 Å². The lowest BCUT2D eigenvalue weighted by atomic mass is 10.0. The summed E-state index contributed by atoms with van der Waals surface area (Å²) in [7, 11) is 0. The topological polar surface area (TPSA) is 26.0 Å². The predicted molar refractivity (Wildman–Crippen MR) is 79.0 cm³/mol. The van der Waals surface area contributed by atoms with Gasteiger partial charge >= 0.3 is 0 Å². The monoisotopic (exact) mass is 329 g/mol. The van der Waals surface area contributed by atoms with E-state index >= 15 is 0 Å². The number of hydrogen-bond acceptors (Lipinski definition) is 2. The molecule has 0 saturated heterocycles. The van der Waals surface area contributed by atoms with Crippen molar-refractivity contribution in [2.75, 3.05) is 0 Å². The minimum absolute atomic E-state index is 0.0991. The van der Waals surface area contributed by atoms with Gasteiger partial charge in [-0.3, -0.25) is 0 Å². The van der Waals surface area contributed by atoms with Crippen LogP contribution in [0.1, 0.15) is 27.6 Å². The molecule has 1 heterocycles. The molecule has 1 aromatic heterocycles. The van der Waals surface area contributed by atoms with Crippen molar-refractivity contribution >= 4 is 38.9 Å². The minimum atomic E-state index is -0.0991. The van der Waals surface area contributed by atoms with E-state index in [1.165, 1.54) is 5.56 Å². The molecule has 0 bridgehead atoms. The lowest BCUT2D eigenvalue weighted by Gasteiger charge is -2.11. The van der Waals surface area contributed by atoms with Gasteiger partial charge in [0, 0.05) is 9.35 Å². The fourth-order valence-electron chi connectivity index (χ4n) is 1.66. The van der Waals surface area contributed by atoms with Gasteiger partial charge in [-0.25, -0.2) is 0 Å². The van der Waals surface area contributed by atoms with Gasteiger partial charge in [0.2, 0.25) is 0 Å². The first kappa shape index (κ1) is 13.1. The number of rotatable bonds is 2. The molecule has 0 spiro atoms. The van der Waals surface area contributed by atoms with E-state index in [4.69, 9.17) is 17.3 Å². The van der Waals surface area contributed by atoms with Gasteiger partial charge < -0.3 is 5.73 Å². The number of aryl methyl sites for hydroxylation is 2. The van der Waals surface area contributed by atoms with E-state index in [0.29, 0.717) is 0 Å². The molecule has 0 amide bonds. The highest BCUT2D eigenvalue weighted by Gasteiger charge is 2.13. The fraction of sp³-hybridized carbons (Fsp3) is 0.231. The molecule has 1 unspecified atom stereocenters. The second-order valence-electron chi connectivity index (χ2n) is 4.09. The number of halogens is 2. The van der Waals surface area contributed by atoms with Gasteiger partial charge in [-0.2, -0.15) is 0 Å². The summed E-state index contributed by atoms with van der Waals surface area (Å²) in [6.07, 6.45) is 0. The van der Waals surface area contributed by atoms with Crippen molar-refractivity contribution < 1.29 is 0 Å². The van der Waals surface area contributed by atoms with Crippen molar-refractivity contribution in [2.45, 2.75) is 19.9 Å². The maximum absolute atomic E-state index is 6.25. The highest BCUT2D eigenvalue weighted by atomic mass is 79.9. The number of hydrogen-bond donors (Lipinski definition) is 1. The van der Waals surface area contributed by atoms with E-state index in [-0.39, 0.29) is 6.04 Å². The van der Waals surface area contributed by atoms with Crippen LogP contribution >= 0.6 is 38.9 Å². The lowest BCUT2D eigenvalue weighted by molar-refractivity contribution is 0.890. The zero-order valence-corrected chi connectivity index (χ0v) is 12.8. The Bertz CT molecular complexity index is 531. The van der Waals surface area contributed by atoms with Crippen LogP contribution in [0, 0.1) is 13.8 Å². The average Bonchev–Trinajstić information content (AvgIpc) is 2.62. The zero-order valence-electron chi connectivity index (χ0n) is 9.63. The van der Waals surface area contributed by atoms with Crippen LogP contribution in [0.4, 0.5) is 0 Å². The number of thiophene rings is 1. The zero-order chi connectivity index (χ0) is 12.6. The normalized spacial score (nSPS) is 12.8. The van der Waals surface area contributed by atoms with Gasteiger partial charge in [-0.15, -0.1) is 11.3 Å². The molecule has 1 nitrogen and oxygen atoms in total. The Morgan fingerprint density at radius 2 is 1.94 bits per heavy atom. The molecule has 90 valence electrons. The first-order valence-electron chi connectivity index (χ1n) is 5.26. The van der Waals surface area contributed by atoms with Gasteiger partial charge in [0.15, 0.2) is 0 Å². The summed E-state index contributed by atoms with van der Waals surface area (Å²) in [5.74, 6) is 0. The van der Waals surface area contributed by atoms with Crippen molar-refractivity contribution in [3.63, 3.8) is 0 Å². The molecule has 1 atom stereocenters. The van der Waals surface area contributed by atoms with Crippen LogP contribution in [-0.2, 0) is 0 Å². The molecule has 0 saturated carbocycles. The Morgan fingerprint density at radius 3 is 2.47 bits per heavy atom. The number of benzene rings is 1. The van der Waals surface area contributed by atoms with Gasteiger partial charge in [0.1, 0.15) is 0 Å². The van der Waals surface area contributed by atoms with E-state index in [0.717, 1.165) is 24.8 Å². The summed E-state index contributed by atoms with van der Waals surface area (Å²) in [6, 6.07) is 8.15. The van der Waals surface area contributed by atoms with Crippen LogP contribution in [0.5, 0.6) is 0 Å². The standard InChI is InChI=1S/C13H13BrClNS/c1-7-5-9(3-4-10(7)14)12(16)11-6-8(2)13(15)17-11/h3-6,12H,16H2,1-2H3. The third-order valence-electron chi connectivity index (χ3n) is 2.72. The summed E-state index contributed by atoms with van der Waals surface area (Å²) in [5.41, 5.74) is 9.65. The lowest BCUT2D eigenvalue weighted by Crippen LogP contribution is -2.10. The van der Waals surface area contributed by atoms with Crippen molar-refractivity contribution in [1.29, 1.82) is 0 Å². The van der Waals surface area contributed by atoms with Crippen LogP contribution < -0.4 is 5.73 Å². The summed E-state index contributed by atoms with van der Waals surface area (Å²) >= 11 is 11.1. The van der Waals surface area contributed by atoms with Gasteiger partial charge in [-0.1, -0.05) is 39.7 Å².